The van der Waals surface area contributed by atoms with Crippen LogP contribution in [0.2, 0.25) is 5.02 Å². The third kappa shape index (κ3) is 3.61. The fourth-order valence-electron chi connectivity index (χ4n) is 1.24. The Balaban J connectivity index is 2.82. The zero-order valence-electron chi connectivity index (χ0n) is 8.66. The van der Waals surface area contributed by atoms with Crippen LogP contribution in [0.25, 0.3) is 0 Å². The molecule has 1 aromatic rings. The van der Waals surface area contributed by atoms with Crippen molar-refractivity contribution in [3.8, 4) is 6.19 Å². The number of halogens is 1. The molecule has 0 aromatic heterocycles. The standard InChI is InChI=1S/C11H12ClN3/c1-8(15-9(2)14-7-13)10-4-3-5-11(12)6-10/h3-6,8H,1-2H3,(H,14,15). The highest BCUT2D eigenvalue weighted by molar-refractivity contribution is 6.30. The highest BCUT2D eigenvalue weighted by Crippen LogP contribution is 2.20. The van der Waals surface area contributed by atoms with Crippen molar-refractivity contribution >= 4 is 17.4 Å². The van der Waals surface area contributed by atoms with Gasteiger partial charge in [0.1, 0.15) is 5.84 Å². The minimum atomic E-state index is -0.00968. The number of hydrogen-bond donors (Lipinski definition) is 1. The van der Waals surface area contributed by atoms with Crippen molar-refractivity contribution in [1.82, 2.24) is 5.32 Å². The minimum absolute atomic E-state index is 0.00968. The number of nitriles is 1. The van der Waals surface area contributed by atoms with Crippen LogP contribution in [0, 0.1) is 11.5 Å². The Morgan fingerprint density at radius 3 is 2.93 bits per heavy atom. The van der Waals surface area contributed by atoms with Crippen molar-refractivity contribution < 1.29 is 0 Å². The Morgan fingerprint density at radius 1 is 1.60 bits per heavy atom. The summed E-state index contributed by atoms with van der Waals surface area (Å²) in [6.45, 7) is 3.71. The van der Waals surface area contributed by atoms with Crippen LogP contribution in [-0.4, -0.2) is 5.84 Å². The molecular weight excluding hydrogens is 210 g/mol. The van der Waals surface area contributed by atoms with E-state index in [1.807, 2.05) is 37.4 Å². The summed E-state index contributed by atoms with van der Waals surface area (Å²) in [7, 11) is 0. The van der Waals surface area contributed by atoms with Crippen molar-refractivity contribution in [2.24, 2.45) is 4.99 Å². The minimum Gasteiger partial charge on any atom is -0.281 e. The Bertz CT molecular complexity index is 407. The molecule has 78 valence electrons. The molecule has 0 aliphatic rings. The third-order valence-corrected chi connectivity index (χ3v) is 2.19. The van der Waals surface area contributed by atoms with Gasteiger partial charge in [-0.2, -0.15) is 5.26 Å². The fourth-order valence-corrected chi connectivity index (χ4v) is 1.44. The predicted molar refractivity (Wildman–Crippen MR) is 61.7 cm³/mol. The average molecular weight is 222 g/mol. The zero-order chi connectivity index (χ0) is 11.3. The van der Waals surface area contributed by atoms with E-state index < -0.39 is 0 Å². The number of nitrogens with one attached hydrogen (secondary N) is 1. The molecule has 0 radical (unpaired) electrons. The summed E-state index contributed by atoms with van der Waals surface area (Å²) in [4.78, 5) is 4.30. The molecule has 4 heteroatoms. The van der Waals surface area contributed by atoms with Gasteiger partial charge in [-0.05, 0) is 31.5 Å². The Hall–Kier alpha value is -1.53. The van der Waals surface area contributed by atoms with E-state index in [2.05, 4.69) is 10.3 Å². The molecule has 15 heavy (non-hydrogen) atoms. The molecule has 0 spiro atoms. The number of nitrogens with zero attached hydrogens (tertiary/aromatic N) is 2. The molecule has 1 aromatic carbocycles. The summed E-state index contributed by atoms with van der Waals surface area (Å²) in [6.07, 6.45) is 1.83. The van der Waals surface area contributed by atoms with Gasteiger partial charge in [0.2, 0.25) is 0 Å². The second-order valence-electron chi connectivity index (χ2n) is 3.18. The molecular formula is C11H12ClN3. The largest absolute Gasteiger partial charge is 0.281 e. The molecule has 0 bridgehead atoms. The van der Waals surface area contributed by atoms with Gasteiger partial charge in [-0.25, -0.2) is 0 Å². The SMILES string of the molecule is CC(=NC(C)c1cccc(Cl)c1)NC#N. The van der Waals surface area contributed by atoms with Gasteiger partial charge in [0.05, 0.1) is 6.04 Å². The molecule has 0 aliphatic heterocycles. The molecule has 1 atom stereocenters. The van der Waals surface area contributed by atoms with Crippen molar-refractivity contribution in [3.05, 3.63) is 34.9 Å². The maximum atomic E-state index is 8.40. The van der Waals surface area contributed by atoms with E-state index >= 15 is 0 Å². The molecule has 0 fully saturated rings. The maximum Gasteiger partial charge on any atom is 0.182 e. The summed E-state index contributed by atoms with van der Waals surface area (Å²) in [5, 5.41) is 11.6. The van der Waals surface area contributed by atoms with Crippen LogP contribution in [0.4, 0.5) is 0 Å². The summed E-state index contributed by atoms with van der Waals surface area (Å²) < 4.78 is 0. The first-order valence-corrected chi connectivity index (χ1v) is 4.96. The summed E-state index contributed by atoms with van der Waals surface area (Å²) in [5.74, 6) is 0.602. The van der Waals surface area contributed by atoms with Crippen LogP contribution in [0.1, 0.15) is 25.5 Å². The Kier molecular flexibility index (Phi) is 4.14. The number of benzene rings is 1. The van der Waals surface area contributed by atoms with E-state index in [0.717, 1.165) is 5.56 Å². The van der Waals surface area contributed by atoms with Crippen LogP contribution in [-0.2, 0) is 0 Å². The highest BCUT2D eigenvalue weighted by Gasteiger charge is 2.03. The van der Waals surface area contributed by atoms with Crippen LogP contribution in [0.3, 0.4) is 0 Å². The van der Waals surface area contributed by atoms with Gasteiger partial charge in [0, 0.05) is 5.02 Å². The van der Waals surface area contributed by atoms with Crippen molar-refractivity contribution in [3.63, 3.8) is 0 Å². The van der Waals surface area contributed by atoms with Crippen LogP contribution in [0.5, 0.6) is 0 Å². The first-order chi connectivity index (χ1) is 7.13. The van der Waals surface area contributed by atoms with Crippen molar-refractivity contribution in [2.45, 2.75) is 19.9 Å². The molecule has 0 saturated heterocycles. The second-order valence-corrected chi connectivity index (χ2v) is 3.62. The molecule has 1 rings (SSSR count). The van der Waals surface area contributed by atoms with E-state index in [0.29, 0.717) is 10.9 Å². The van der Waals surface area contributed by atoms with E-state index in [-0.39, 0.29) is 6.04 Å². The first-order valence-electron chi connectivity index (χ1n) is 4.58. The smallest absolute Gasteiger partial charge is 0.182 e. The van der Waals surface area contributed by atoms with Crippen LogP contribution >= 0.6 is 11.6 Å². The lowest BCUT2D eigenvalue weighted by Gasteiger charge is -2.08. The molecule has 3 nitrogen and oxygen atoms in total. The highest BCUT2D eigenvalue weighted by atomic mass is 35.5. The number of rotatable bonds is 2. The first kappa shape index (κ1) is 11.5. The Labute approximate surface area is 94.4 Å². The third-order valence-electron chi connectivity index (χ3n) is 1.96. The van der Waals surface area contributed by atoms with Gasteiger partial charge < -0.3 is 0 Å². The van der Waals surface area contributed by atoms with Gasteiger partial charge in [-0.3, -0.25) is 10.3 Å². The normalized spacial score (nSPS) is 13.1. The van der Waals surface area contributed by atoms with Gasteiger partial charge in [0.25, 0.3) is 0 Å². The summed E-state index contributed by atoms with van der Waals surface area (Å²) >= 11 is 5.87. The molecule has 0 saturated carbocycles. The lowest BCUT2D eigenvalue weighted by molar-refractivity contribution is 0.812. The van der Waals surface area contributed by atoms with E-state index in [9.17, 15) is 0 Å². The summed E-state index contributed by atoms with van der Waals surface area (Å²) in [6, 6.07) is 7.53. The number of amidine groups is 1. The van der Waals surface area contributed by atoms with Crippen molar-refractivity contribution in [1.29, 1.82) is 5.26 Å². The van der Waals surface area contributed by atoms with Gasteiger partial charge in [-0.1, -0.05) is 23.7 Å². The predicted octanol–water partition coefficient (Wildman–Crippen LogP) is 2.89. The molecule has 0 heterocycles. The van der Waals surface area contributed by atoms with Gasteiger partial charge in [-0.15, -0.1) is 0 Å². The van der Waals surface area contributed by atoms with Gasteiger partial charge >= 0.3 is 0 Å². The monoisotopic (exact) mass is 221 g/mol. The van der Waals surface area contributed by atoms with Crippen LogP contribution in [0.15, 0.2) is 29.3 Å². The molecule has 1 N–H and O–H groups in total. The molecule has 1 unspecified atom stereocenters. The van der Waals surface area contributed by atoms with E-state index in [1.54, 1.807) is 6.92 Å². The summed E-state index contributed by atoms with van der Waals surface area (Å²) in [5.41, 5.74) is 1.03. The lowest BCUT2D eigenvalue weighted by atomic mass is 10.1. The van der Waals surface area contributed by atoms with Crippen LogP contribution < -0.4 is 5.32 Å². The van der Waals surface area contributed by atoms with Gasteiger partial charge in [0.15, 0.2) is 6.19 Å². The molecule has 0 aliphatic carbocycles. The fraction of sp³-hybridized carbons (Fsp3) is 0.273. The van der Waals surface area contributed by atoms with E-state index in [4.69, 9.17) is 16.9 Å². The average Bonchev–Trinajstić information content (AvgIpc) is 2.18. The number of aliphatic imine (C=N–C) groups is 1. The molecule has 0 amide bonds. The zero-order valence-corrected chi connectivity index (χ0v) is 9.42. The topological polar surface area (TPSA) is 48.2 Å². The Morgan fingerprint density at radius 2 is 2.33 bits per heavy atom. The second kappa shape index (κ2) is 5.38. The van der Waals surface area contributed by atoms with Crippen molar-refractivity contribution in [2.75, 3.05) is 0 Å². The number of hydrogen-bond acceptors (Lipinski definition) is 2. The quantitative estimate of drug-likeness (QED) is 0.361. The van der Waals surface area contributed by atoms with E-state index in [1.165, 1.54) is 0 Å². The lowest BCUT2D eigenvalue weighted by Crippen LogP contribution is -2.14. The maximum absolute atomic E-state index is 8.40.